The first-order chi connectivity index (χ1) is 14.6. The number of halogens is 1. The molecule has 3 unspecified atom stereocenters. The standard InChI is InChI=1S/C21H28ClN3O4S2/c1-14-12-25(13-15(2)29-14)31(27,28)20-10-16(7-8-17(20)22)21(26)23-11-18(24(3)4)19-6-5-9-30-19/h5-10,14-15,18H,11-13H2,1-4H3,(H,23,26). The summed E-state index contributed by atoms with van der Waals surface area (Å²) in [5.74, 6) is -0.347. The lowest BCUT2D eigenvalue weighted by Gasteiger charge is -2.34. The fourth-order valence-corrected chi connectivity index (χ4v) is 6.63. The molecule has 31 heavy (non-hydrogen) atoms. The van der Waals surface area contributed by atoms with Crippen molar-refractivity contribution in [2.45, 2.75) is 37.0 Å². The zero-order valence-corrected chi connectivity index (χ0v) is 20.4. The molecule has 1 saturated heterocycles. The Hall–Kier alpha value is -1.49. The van der Waals surface area contributed by atoms with Gasteiger partial charge < -0.3 is 15.0 Å². The SMILES string of the molecule is CC1CN(S(=O)(=O)c2cc(C(=O)NCC(c3cccs3)N(C)C)ccc2Cl)CC(C)O1. The Balaban J connectivity index is 1.79. The van der Waals surface area contributed by atoms with E-state index in [4.69, 9.17) is 16.3 Å². The minimum absolute atomic E-state index is 0.0239. The molecule has 1 aromatic carbocycles. The largest absolute Gasteiger partial charge is 0.373 e. The molecule has 10 heteroatoms. The second-order valence-corrected chi connectivity index (χ2v) is 11.2. The van der Waals surface area contributed by atoms with Gasteiger partial charge in [-0.25, -0.2) is 8.42 Å². The van der Waals surface area contributed by atoms with E-state index in [2.05, 4.69) is 5.32 Å². The number of likely N-dealkylation sites (N-methyl/N-ethyl adjacent to an activating group) is 1. The number of morpholine rings is 1. The molecule has 2 aromatic rings. The molecule has 0 aliphatic carbocycles. The van der Waals surface area contributed by atoms with Crippen LogP contribution in [-0.4, -0.2) is 69.5 Å². The Labute approximate surface area is 193 Å². The molecule has 1 amide bonds. The molecule has 3 rings (SSSR count). The van der Waals surface area contributed by atoms with Crippen LogP contribution in [0.4, 0.5) is 0 Å². The van der Waals surface area contributed by atoms with Gasteiger partial charge in [-0.2, -0.15) is 4.31 Å². The average molecular weight is 486 g/mol. The number of nitrogens with zero attached hydrogens (tertiary/aromatic N) is 2. The molecule has 1 aliphatic rings. The van der Waals surface area contributed by atoms with Crippen molar-refractivity contribution in [1.29, 1.82) is 0 Å². The van der Waals surface area contributed by atoms with E-state index < -0.39 is 10.0 Å². The van der Waals surface area contributed by atoms with Crippen LogP contribution in [0.3, 0.4) is 0 Å². The predicted octanol–water partition coefficient (Wildman–Crippen LogP) is 3.23. The highest BCUT2D eigenvalue weighted by Gasteiger charge is 2.34. The third kappa shape index (κ3) is 5.66. The van der Waals surface area contributed by atoms with Crippen LogP contribution in [0.15, 0.2) is 40.6 Å². The number of sulfonamides is 1. The molecule has 1 fully saturated rings. The molecule has 7 nitrogen and oxygen atoms in total. The van der Waals surface area contributed by atoms with Gasteiger partial charge in [0.15, 0.2) is 0 Å². The first-order valence-corrected chi connectivity index (χ1v) is 12.7. The van der Waals surface area contributed by atoms with Gasteiger partial charge in [-0.3, -0.25) is 4.79 Å². The maximum absolute atomic E-state index is 13.2. The van der Waals surface area contributed by atoms with Crippen LogP contribution < -0.4 is 5.32 Å². The minimum atomic E-state index is -3.86. The summed E-state index contributed by atoms with van der Waals surface area (Å²) in [5.41, 5.74) is 0.251. The van der Waals surface area contributed by atoms with Gasteiger partial charge in [0, 0.05) is 30.1 Å². The van der Waals surface area contributed by atoms with Crippen LogP contribution in [0.5, 0.6) is 0 Å². The van der Waals surface area contributed by atoms with Crippen molar-refractivity contribution in [2.24, 2.45) is 0 Å². The molecule has 1 aliphatic heterocycles. The fraction of sp³-hybridized carbons (Fsp3) is 0.476. The highest BCUT2D eigenvalue weighted by molar-refractivity contribution is 7.89. The summed E-state index contributed by atoms with van der Waals surface area (Å²) < 4.78 is 33.5. The second-order valence-electron chi connectivity index (χ2n) is 7.93. The van der Waals surface area contributed by atoms with E-state index in [1.165, 1.54) is 22.5 Å². The first kappa shape index (κ1) is 24.2. The molecule has 1 N–H and O–H groups in total. The molecular formula is C21H28ClN3O4S2. The van der Waals surface area contributed by atoms with Gasteiger partial charge in [-0.05, 0) is 57.6 Å². The summed E-state index contributed by atoms with van der Waals surface area (Å²) in [4.78, 5) is 15.9. The molecular weight excluding hydrogens is 458 g/mol. The van der Waals surface area contributed by atoms with Crippen molar-refractivity contribution in [1.82, 2.24) is 14.5 Å². The summed E-state index contributed by atoms with van der Waals surface area (Å²) in [5, 5.41) is 5.00. The highest BCUT2D eigenvalue weighted by atomic mass is 35.5. The van der Waals surface area contributed by atoms with Crippen molar-refractivity contribution in [3.8, 4) is 0 Å². The summed E-state index contributed by atoms with van der Waals surface area (Å²) >= 11 is 7.87. The van der Waals surface area contributed by atoms with Gasteiger partial charge in [-0.15, -0.1) is 11.3 Å². The first-order valence-electron chi connectivity index (χ1n) is 10.0. The number of hydrogen-bond donors (Lipinski definition) is 1. The number of rotatable bonds is 7. The number of nitrogens with one attached hydrogen (secondary N) is 1. The van der Waals surface area contributed by atoms with E-state index in [-0.39, 0.29) is 52.7 Å². The number of carbonyl (C=O) groups excluding carboxylic acids is 1. The highest BCUT2D eigenvalue weighted by Crippen LogP contribution is 2.28. The summed E-state index contributed by atoms with van der Waals surface area (Å²) in [7, 11) is 0.0445. The zero-order chi connectivity index (χ0) is 22.8. The van der Waals surface area contributed by atoms with E-state index in [1.807, 2.05) is 50.4 Å². The van der Waals surface area contributed by atoms with Crippen molar-refractivity contribution in [3.63, 3.8) is 0 Å². The smallest absolute Gasteiger partial charge is 0.251 e. The average Bonchev–Trinajstić information content (AvgIpc) is 3.21. The summed E-state index contributed by atoms with van der Waals surface area (Å²) in [6, 6.07) is 8.38. The van der Waals surface area contributed by atoms with Crippen molar-refractivity contribution < 1.29 is 17.9 Å². The molecule has 0 bridgehead atoms. The lowest BCUT2D eigenvalue weighted by atomic mass is 10.2. The molecule has 170 valence electrons. The third-order valence-corrected chi connectivity index (χ3v) is 8.43. The topological polar surface area (TPSA) is 79.0 Å². The van der Waals surface area contributed by atoms with Gasteiger partial charge in [0.25, 0.3) is 5.91 Å². The Morgan fingerprint density at radius 1 is 1.29 bits per heavy atom. The normalized spacial score (nSPS) is 21.2. The molecule has 2 heterocycles. The van der Waals surface area contributed by atoms with Crippen LogP contribution in [0.2, 0.25) is 5.02 Å². The Kier molecular flexibility index (Phi) is 7.77. The number of thiophene rings is 1. The van der Waals surface area contributed by atoms with Crippen molar-refractivity contribution in [2.75, 3.05) is 33.7 Å². The lowest BCUT2D eigenvalue weighted by Crippen LogP contribution is -2.48. The van der Waals surface area contributed by atoms with Crippen LogP contribution in [0, 0.1) is 0 Å². The molecule has 0 spiro atoms. The van der Waals surface area contributed by atoms with Crippen LogP contribution in [0.25, 0.3) is 0 Å². The molecule has 0 saturated carbocycles. The number of amides is 1. The van der Waals surface area contributed by atoms with E-state index in [1.54, 1.807) is 11.3 Å². The number of hydrogen-bond acceptors (Lipinski definition) is 6. The monoisotopic (exact) mass is 485 g/mol. The molecule has 3 atom stereocenters. The van der Waals surface area contributed by atoms with Crippen LogP contribution in [0.1, 0.15) is 35.1 Å². The Morgan fingerprint density at radius 2 is 1.97 bits per heavy atom. The van der Waals surface area contributed by atoms with Gasteiger partial charge in [0.1, 0.15) is 4.90 Å². The van der Waals surface area contributed by atoms with Crippen LogP contribution in [-0.2, 0) is 14.8 Å². The fourth-order valence-electron chi connectivity index (χ4n) is 3.62. The van der Waals surface area contributed by atoms with E-state index >= 15 is 0 Å². The maximum Gasteiger partial charge on any atom is 0.251 e. The van der Waals surface area contributed by atoms with Crippen molar-refractivity contribution >= 4 is 38.9 Å². The summed E-state index contributed by atoms with van der Waals surface area (Å²) in [6.45, 7) is 4.54. The second kappa shape index (κ2) is 9.97. The molecule has 0 radical (unpaired) electrons. The van der Waals surface area contributed by atoms with E-state index in [0.29, 0.717) is 6.54 Å². The van der Waals surface area contributed by atoms with E-state index in [9.17, 15) is 13.2 Å². The van der Waals surface area contributed by atoms with E-state index in [0.717, 1.165) is 4.88 Å². The minimum Gasteiger partial charge on any atom is -0.373 e. The van der Waals surface area contributed by atoms with Gasteiger partial charge in [0.2, 0.25) is 10.0 Å². The molecule has 1 aromatic heterocycles. The van der Waals surface area contributed by atoms with Crippen LogP contribution >= 0.6 is 22.9 Å². The number of ether oxygens (including phenoxy) is 1. The number of carbonyl (C=O) groups is 1. The predicted molar refractivity (Wildman–Crippen MR) is 123 cm³/mol. The summed E-state index contributed by atoms with van der Waals surface area (Å²) in [6.07, 6.45) is -0.437. The third-order valence-electron chi connectivity index (χ3n) is 5.15. The van der Waals surface area contributed by atoms with Gasteiger partial charge in [0.05, 0.1) is 23.3 Å². The van der Waals surface area contributed by atoms with Crippen molar-refractivity contribution in [3.05, 3.63) is 51.2 Å². The quantitative estimate of drug-likeness (QED) is 0.651. The Morgan fingerprint density at radius 3 is 2.55 bits per heavy atom. The van der Waals surface area contributed by atoms with Gasteiger partial charge in [-0.1, -0.05) is 17.7 Å². The Bertz CT molecular complexity index is 1000. The number of benzene rings is 1. The lowest BCUT2D eigenvalue weighted by molar-refractivity contribution is -0.0440. The zero-order valence-electron chi connectivity index (χ0n) is 18.0. The maximum atomic E-state index is 13.2. The van der Waals surface area contributed by atoms with Gasteiger partial charge >= 0.3 is 0 Å².